The third-order valence-corrected chi connectivity index (χ3v) is 9.92. The molecule has 1 unspecified atom stereocenters. The summed E-state index contributed by atoms with van der Waals surface area (Å²) in [5.41, 5.74) is 2.97. The molecule has 4 atom stereocenters. The Morgan fingerprint density at radius 1 is 0.950 bits per heavy atom. The van der Waals surface area contributed by atoms with Crippen LogP contribution >= 0.6 is 0 Å². The van der Waals surface area contributed by atoms with Crippen molar-refractivity contribution in [3.8, 4) is 11.5 Å². The van der Waals surface area contributed by atoms with Crippen LogP contribution < -0.4 is 9.47 Å². The van der Waals surface area contributed by atoms with E-state index in [4.69, 9.17) is 14.2 Å². The first-order chi connectivity index (χ1) is 19.2. The van der Waals surface area contributed by atoms with Gasteiger partial charge < -0.3 is 19.0 Å². The van der Waals surface area contributed by atoms with E-state index in [0.29, 0.717) is 0 Å². The molecule has 0 aromatic heterocycles. The van der Waals surface area contributed by atoms with Gasteiger partial charge in [-0.05, 0) is 84.9 Å². The average Bonchev–Trinajstić information content (AvgIpc) is 2.93. The Balaban J connectivity index is 1.73. The Morgan fingerprint density at radius 2 is 1.50 bits per heavy atom. The van der Waals surface area contributed by atoms with E-state index < -0.39 is 10.0 Å². The van der Waals surface area contributed by atoms with Gasteiger partial charge in [0.15, 0.2) is 0 Å². The van der Waals surface area contributed by atoms with Crippen molar-refractivity contribution in [1.29, 1.82) is 0 Å². The second kappa shape index (κ2) is 15.4. The molecule has 0 amide bonds. The van der Waals surface area contributed by atoms with Crippen molar-refractivity contribution < 1.29 is 27.4 Å². The quantitative estimate of drug-likeness (QED) is 0.170. The molecule has 2 aromatic carbocycles. The Kier molecular flexibility index (Phi) is 12.2. The molecule has 8 heteroatoms. The molecule has 1 aliphatic rings. The number of carbonyl (C=O) groups excluding carboxylic acids is 1. The summed E-state index contributed by atoms with van der Waals surface area (Å²) in [6, 6.07) is 15.0. The summed E-state index contributed by atoms with van der Waals surface area (Å²) in [6.07, 6.45) is 7.41. The highest BCUT2D eigenvalue weighted by Crippen LogP contribution is 2.40. The van der Waals surface area contributed by atoms with E-state index in [1.165, 1.54) is 5.57 Å². The van der Waals surface area contributed by atoms with E-state index in [0.717, 1.165) is 61.0 Å². The predicted octanol–water partition coefficient (Wildman–Crippen LogP) is 6.03. The van der Waals surface area contributed by atoms with Crippen LogP contribution in [0.4, 0.5) is 0 Å². The molecule has 0 bridgehead atoms. The zero-order valence-electron chi connectivity index (χ0n) is 24.5. The molecule has 0 heterocycles. The van der Waals surface area contributed by atoms with Crippen LogP contribution in [0.3, 0.4) is 0 Å². The van der Waals surface area contributed by atoms with Crippen molar-refractivity contribution in [2.45, 2.75) is 65.1 Å². The molecular weight excluding hydrogens is 526 g/mol. The third-order valence-electron chi connectivity index (χ3n) is 7.88. The topological polar surface area (TPSA) is 82.1 Å². The second-order valence-corrected chi connectivity index (χ2v) is 12.8. The molecule has 1 saturated carbocycles. The fourth-order valence-electron chi connectivity index (χ4n) is 5.40. The molecule has 3 rings (SSSR count). The van der Waals surface area contributed by atoms with Crippen molar-refractivity contribution in [3.05, 3.63) is 71.3 Å². The van der Waals surface area contributed by atoms with Crippen LogP contribution in [0, 0.1) is 17.8 Å². The molecule has 1 aliphatic carbocycles. The van der Waals surface area contributed by atoms with Gasteiger partial charge in [-0.2, -0.15) is 4.31 Å². The maximum Gasteiger partial charge on any atom is 0.214 e. The van der Waals surface area contributed by atoms with Crippen molar-refractivity contribution in [1.82, 2.24) is 4.31 Å². The summed E-state index contributed by atoms with van der Waals surface area (Å²) >= 11 is 0. The van der Waals surface area contributed by atoms with Gasteiger partial charge in [0.2, 0.25) is 10.0 Å². The minimum absolute atomic E-state index is 0.0486. The molecule has 0 spiro atoms. The van der Waals surface area contributed by atoms with Gasteiger partial charge >= 0.3 is 0 Å². The van der Waals surface area contributed by atoms with E-state index in [-0.39, 0.29) is 42.7 Å². The normalized spacial score (nSPS) is 19.1. The lowest BCUT2D eigenvalue weighted by molar-refractivity contribution is -0.118. The van der Waals surface area contributed by atoms with Crippen molar-refractivity contribution >= 4 is 16.3 Å². The van der Waals surface area contributed by atoms with E-state index >= 15 is 0 Å². The number of sulfonamides is 1. The lowest BCUT2D eigenvalue weighted by Crippen LogP contribution is -2.39. The molecule has 1 fully saturated rings. The molecule has 0 radical (unpaired) electrons. The number of hydrogen-bond acceptors (Lipinski definition) is 6. The Bertz CT molecular complexity index is 1140. The highest BCUT2D eigenvalue weighted by molar-refractivity contribution is 7.89. The number of methoxy groups -OCH3 is 3. The van der Waals surface area contributed by atoms with E-state index in [1.54, 1.807) is 25.6 Å². The second-order valence-electron chi connectivity index (χ2n) is 10.8. The zero-order valence-corrected chi connectivity index (χ0v) is 25.4. The lowest BCUT2D eigenvalue weighted by Gasteiger charge is -2.39. The van der Waals surface area contributed by atoms with Crippen molar-refractivity contribution in [2.24, 2.45) is 17.8 Å². The molecule has 7 nitrogen and oxygen atoms in total. The molecule has 220 valence electrons. The first-order valence-corrected chi connectivity index (χ1v) is 15.8. The highest BCUT2D eigenvalue weighted by Gasteiger charge is 2.38. The van der Waals surface area contributed by atoms with Crippen LogP contribution in [-0.2, 0) is 32.6 Å². The van der Waals surface area contributed by atoms with Crippen LogP contribution in [0.5, 0.6) is 11.5 Å². The monoisotopic (exact) mass is 571 g/mol. The molecular formula is C32H45NO6S. The molecule has 40 heavy (non-hydrogen) atoms. The van der Waals surface area contributed by atoms with Gasteiger partial charge in [-0.1, -0.05) is 44.2 Å². The summed E-state index contributed by atoms with van der Waals surface area (Å²) in [5.74, 6) is 1.72. The van der Waals surface area contributed by atoms with Gasteiger partial charge in [0, 0.05) is 26.1 Å². The van der Waals surface area contributed by atoms with Crippen LogP contribution in [0.15, 0.2) is 60.2 Å². The van der Waals surface area contributed by atoms with E-state index in [2.05, 4.69) is 13.0 Å². The molecule has 0 saturated heterocycles. The Hall–Kier alpha value is -2.68. The number of nitrogens with zero attached hydrogens (tertiary/aromatic N) is 1. The van der Waals surface area contributed by atoms with Crippen LogP contribution in [-0.4, -0.2) is 52.2 Å². The third kappa shape index (κ3) is 8.66. The molecule has 0 N–H and O–H groups in total. The summed E-state index contributed by atoms with van der Waals surface area (Å²) in [4.78, 5) is 11.5. The fourth-order valence-corrected chi connectivity index (χ4v) is 7.19. The minimum Gasteiger partial charge on any atom is -0.497 e. The number of benzene rings is 2. The Labute approximate surface area is 240 Å². The fraction of sp³-hybridized carbons (Fsp3) is 0.531. The van der Waals surface area contributed by atoms with Crippen molar-refractivity contribution in [2.75, 3.05) is 27.1 Å². The first-order valence-electron chi connectivity index (χ1n) is 14.1. The predicted molar refractivity (Wildman–Crippen MR) is 159 cm³/mol. The van der Waals surface area contributed by atoms with E-state index in [1.807, 2.05) is 55.5 Å². The number of aldehydes is 1. The lowest BCUT2D eigenvalue weighted by atomic mass is 9.69. The number of allylic oxidation sites excluding steroid dienone is 1. The highest BCUT2D eigenvalue weighted by atomic mass is 32.2. The smallest absolute Gasteiger partial charge is 0.214 e. The first kappa shape index (κ1) is 31.8. The number of hydrogen-bond donors (Lipinski definition) is 0. The number of ether oxygens (including phenoxy) is 3. The largest absolute Gasteiger partial charge is 0.497 e. The molecule has 0 aliphatic heterocycles. The number of rotatable bonds is 17. The summed E-state index contributed by atoms with van der Waals surface area (Å²) in [6.45, 7) is 4.63. The van der Waals surface area contributed by atoms with Crippen LogP contribution in [0.2, 0.25) is 0 Å². The standard InChI is InChI=1S/C32H45NO6S/c1-6-7-27(32(39-5)31-19-14-28(31)22-34)13-8-24(2)23-40(35,36)33(20-25-9-15-29(37-3)16-10-25)21-26-11-17-30(38-4)18-12-26/h7,9-12,15-18,22,24,28,31-32H,6,8,13-14,19-21,23H2,1-5H3/b27-7+/t24-,28?,31+,32-/m0/s1. The summed E-state index contributed by atoms with van der Waals surface area (Å²) < 4.78 is 45.6. The molecule has 2 aromatic rings. The average molecular weight is 572 g/mol. The van der Waals surface area contributed by atoms with Gasteiger partial charge in [-0.25, -0.2) is 8.42 Å². The minimum atomic E-state index is -3.58. The number of carbonyl (C=O) groups is 1. The zero-order chi connectivity index (χ0) is 29.1. The van der Waals surface area contributed by atoms with Gasteiger partial charge in [0.1, 0.15) is 17.8 Å². The van der Waals surface area contributed by atoms with Gasteiger partial charge in [-0.3, -0.25) is 0 Å². The summed E-state index contributed by atoms with van der Waals surface area (Å²) in [5, 5.41) is 0. The van der Waals surface area contributed by atoms with Crippen molar-refractivity contribution in [3.63, 3.8) is 0 Å². The summed E-state index contributed by atoms with van der Waals surface area (Å²) in [7, 11) is 1.34. The Morgan fingerprint density at radius 3 is 1.90 bits per heavy atom. The van der Waals surface area contributed by atoms with Crippen LogP contribution in [0.25, 0.3) is 0 Å². The van der Waals surface area contributed by atoms with Crippen LogP contribution in [0.1, 0.15) is 57.1 Å². The van der Waals surface area contributed by atoms with Gasteiger partial charge in [0.25, 0.3) is 0 Å². The maximum atomic E-state index is 13.8. The van der Waals surface area contributed by atoms with Gasteiger partial charge in [-0.15, -0.1) is 0 Å². The maximum absolute atomic E-state index is 13.8. The van der Waals surface area contributed by atoms with Gasteiger partial charge in [0.05, 0.1) is 26.1 Å². The van der Waals surface area contributed by atoms with E-state index in [9.17, 15) is 13.2 Å². The SMILES string of the molecule is CC/C=C(\CC[C@H](C)CS(=O)(=O)N(Cc1ccc(OC)cc1)Cc1ccc(OC)cc1)[C@H](OC)[C@@H]1CCC1C=O.